The summed E-state index contributed by atoms with van der Waals surface area (Å²) in [6.45, 7) is 5.81. The summed E-state index contributed by atoms with van der Waals surface area (Å²) in [4.78, 5) is 9.40. The van der Waals surface area contributed by atoms with E-state index in [1.807, 2.05) is 25.1 Å². The molecule has 0 aliphatic heterocycles. The lowest BCUT2D eigenvalue weighted by atomic mass is 10.2. The van der Waals surface area contributed by atoms with Crippen LogP contribution in [0.15, 0.2) is 36.9 Å². The molecule has 76 valence electrons. The number of phenols is 1. The van der Waals surface area contributed by atoms with Crippen molar-refractivity contribution in [2.75, 3.05) is 6.54 Å². The van der Waals surface area contributed by atoms with E-state index in [1.165, 1.54) is 0 Å². The van der Waals surface area contributed by atoms with E-state index in [4.69, 9.17) is 5.11 Å². The lowest BCUT2D eigenvalue weighted by molar-refractivity contribution is -0.109. The highest BCUT2D eigenvalue weighted by Crippen LogP contribution is 2.12. The Balaban J connectivity index is 0.000000255. The highest BCUT2D eigenvalue weighted by atomic mass is 16.3. The number of hydrogen-bond acceptors (Lipinski definition) is 2. The number of rotatable bonds is 3. The van der Waals surface area contributed by atoms with Gasteiger partial charge in [-0.05, 0) is 18.6 Å². The number of hydrogen-bond donors (Lipinski definition) is 2. The molecule has 0 heterocycles. The van der Waals surface area contributed by atoms with Crippen LogP contribution >= 0.6 is 0 Å². The SMILES string of the molecule is C=CCNC=O.Cc1ccccc1O. The van der Waals surface area contributed by atoms with Crippen molar-refractivity contribution < 1.29 is 9.90 Å². The summed E-state index contributed by atoms with van der Waals surface area (Å²) in [6.07, 6.45) is 2.26. The Morgan fingerprint density at radius 1 is 1.50 bits per heavy atom. The predicted molar refractivity (Wildman–Crippen MR) is 57.1 cm³/mol. The third-order valence-corrected chi connectivity index (χ3v) is 1.46. The third-order valence-electron chi connectivity index (χ3n) is 1.46. The van der Waals surface area contributed by atoms with Gasteiger partial charge in [-0.15, -0.1) is 6.58 Å². The molecule has 0 atom stereocenters. The largest absolute Gasteiger partial charge is 0.508 e. The Labute approximate surface area is 84.1 Å². The fourth-order valence-electron chi connectivity index (χ4n) is 0.695. The molecule has 0 radical (unpaired) electrons. The monoisotopic (exact) mass is 193 g/mol. The Bertz CT molecular complexity index is 255. The van der Waals surface area contributed by atoms with Gasteiger partial charge in [-0.2, -0.15) is 0 Å². The van der Waals surface area contributed by atoms with E-state index in [0.29, 0.717) is 18.7 Å². The van der Waals surface area contributed by atoms with Gasteiger partial charge >= 0.3 is 0 Å². The summed E-state index contributed by atoms with van der Waals surface area (Å²) in [5, 5.41) is 11.3. The molecule has 0 aliphatic carbocycles. The van der Waals surface area contributed by atoms with Crippen LogP contribution in [0.4, 0.5) is 0 Å². The third kappa shape index (κ3) is 5.83. The number of benzene rings is 1. The molecule has 3 heteroatoms. The van der Waals surface area contributed by atoms with Gasteiger partial charge < -0.3 is 10.4 Å². The number of carbonyl (C=O) groups is 1. The van der Waals surface area contributed by atoms with Crippen LogP contribution in [0.3, 0.4) is 0 Å². The summed E-state index contributed by atoms with van der Waals surface area (Å²) in [7, 11) is 0. The molecule has 14 heavy (non-hydrogen) atoms. The summed E-state index contributed by atoms with van der Waals surface area (Å²) in [6, 6.07) is 7.25. The number of amides is 1. The number of phenolic OH excluding ortho intramolecular Hbond substituents is 1. The van der Waals surface area contributed by atoms with E-state index in [0.717, 1.165) is 5.56 Å². The van der Waals surface area contributed by atoms with Crippen molar-refractivity contribution in [2.24, 2.45) is 0 Å². The number of nitrogens with one attached hydrogen (secondary N) is 1. The van der Waals surface area contributed by atoms with Gasteiger partial charge in [-0.3, -0.25) is 4.79 Å². The summed E-state index contributed by atoms with van der Waals surface area (Å²) < 4.78 is 0. The number of aryl methyl sites for hydroxylation is 1. The fourth-order valence-corrected chi connectivity index (χ4v) is 0.695. The first-order valence-corrected chi connectivity index (χ1v) is 4.25. The first kappa shape index (κ1) is 12.2. The molecule has 0 fully saturated rings. The molecule has 1 aromatic rings. The van der Waals surface area contributed by atoms with E-state index in [1.54, 1.807) is 12.1 Å². The van der Waals surface area contributed by atoms with Gasteiger partial charge in [0.1, 0.15) is 5.75 Å². The Kier molecular flexibility index (Phi) is 6.86. The van der Waals surface area contributed by atoms with Gasteiger partial charge in [0.15, 0.2) is 0 Å². The second-order valence-corrected chi connectivity index (χ2v) is 2.60. The molecule has 0 saturated heterocycles. The van der Waals surface area contributed by atoms with Crippen molar-refractivity contribution in [3.63, 3.8) is 0 Å². The first-order chi connectivity index (χ1) is 6.72. The van der Waals surface area contributed by atoms with Crippen molar-refractivity contribution in [1.29, 1.82) is 0 Å². The topological polar surface area (TPSA) is 49.3 Å². The first-order valence-electron chi connectivity index (χ1n) is 4.25. The molecular weight excluding hydrogens is 178 g/mol. The molecule has 0 bridgehead atoms. The highest BCUT2D eigenvalue weighted by molar-refractivity contribution is 5.46. The molecule has 1 aromatic carbocycles. The Morgan fingerprint density at radius 2 is 2.14 bits per heavy atom. The molecular formula is C11H15NO2. The standard InChI is InChI=1S/C7H8O.C4H7NO/c1-6-4-2-3-5-7(6)8;1-2-3-5-4-6/h2-5,8H,1H3;2,4H,1,3H2,(H,5,6). The molecule has 0 spiro atoms. The predicted octanol–water partition coefficient (Wildman–Crippen LogP) is 1.62. The second kappa shape index (κ2) is 7.86. The molecule has 1 amide bonds. The van der Waals surface area contributed by atoms with E-state index in [2.05, 4.69) is 11.9 Å². The van der Waals surface area contributed by atoms with Crippen molar-refractivity contribution in [3.05, 3.63) is 42.5 Å². The normalized spacial score (nSPS) is 8.07. The molecule has 1 rings (SSSR count). The van der Waals surface area contributed by atoms with Crippen molar-refractivity contribution >= 4 is 6.41 Å². The summed E-state index contributed by atoms with van der Waals surface area (Å²) in [5.74, 6) is 0.368. The highest BCUT2D eigenvalue weighted by Gasteiger charge is 1.86. The zero-order valence-corrected chi connectivity index (χ0v) is 8.23. The number of para-hydroxylation sites is 1. The maximum Gasteiger partial charge on any atom is 0.207 e. The maximum atomic E-state index is 9.40. The summed E-state index contributed by atoms with van der Waals surface area (Å²) in [5.41, 5.74) is 0.924. The van der Waals surface area contributed by atoms with Crippen LogP contribution in [0.25, 0.3) is 0 Å². The lowest BCUT2D eigenvalue weighted by Gasteiger charge is -1.92. The average molecular weight is 193 g/mol. The van der Waals surface area contributed by atoms with Crippen LogP contribution in [0.5, 0.6) is 5.75 Å². The number of aromatic hydroxyl groups is 1. The summed E-state index contributed by atoms with van der Waals surface area (Å²) >= 11 is 0. The molecule has 0 aromatic heterocycles. The minimum atomic E-state index is 0.368. The van der Waals surface area contributed by atoms with Gasteiger partial charge in [-0.25, -0.2) is 0 Å². The van der Waals surface area contributed by atoms with Crippen LogP contribution in [0.1, 0.15) is 5.56 Å². The van der Waals surface area contributed by atoms with Crippen molar-refractivity contribution in [1.82, 2.24) is 5.32 Å². The van der Waals surface area contributed by atoms with Crippen LogP contribution in [0, 0.1) is 6.92 Å². The van der Waals surface area contributed by atoms with Gasteiger partial charge in [-0.1, -0.05) is 24.3 Å². The van der Waals surface area contributed by atoms with E-state index < -0.39 is 0 Å². The van der Waals surface area contributed by atoms with Gasteiger partial charge in [0, 0.05) is 6.54 Å². The Morgan fingerprint density at radius 3 is 2.43 bits per heavy atom. The van der Waals surface area contributed by atoms with E-state index in [9.17, 15) is 4.79 Å². The van der Waals surface area contributed by atoms with Crippen LogP contribution in [0.2, 0.25) is 0 Å². The van der Waals surface area contributed by atoms with Crippen molar-refractivity contribution in [3.8, 4) is 5.75 Å². The average Bonchev–Trinajstić information content (AvgIpc) is 2.20. The second-order valence-electron chi connectivity index (χ2n) is 2.60. The molecule has 2 N–H and O–H groups in total. The smallest absolute Gasteiger partial charge is 0.207 e. The number of carbonyl (C=O) groups excluding carboxylic acids is 1. The minimum absolute atomic E-state index is 0.368. The Hall–Kier alpha value is -1.77. The van der Waals surface area contributed by atoms with Crippen molar-refractivity contribution in [2.45, 2.75) is 6.92 Å². The lowest BCUT2D eigenvalue weighted by Crippen LogP contribution is -2.08. The zero-order valence-electron chi connectivity index (χ0n) is 8.23. The van der Waals surface area contributed by atoms with Crippen LogP contribution < -0.4 is 5.32 Å². The van der Waals surface area contributed by atoms with Crippen LogP contribution in [-0.4, -0.2) is 18.1 Å². The molecule has 0 unspecified atom stereocenters. The molecule has 0 saturated carbocycles. The van der Waals surface area contributed by atoms with E-state index >= 15 is 0 Å². The molecule has 0 aliphatic rings. The van der Waals surface area contributed by atoms with Crippen LogP contribution in [-0.2, 0) is 4.79 Å². The fraction of sp³-hybridized carbons (Fsp3) is 0.182. The molecule has 3 nitrogen and oxygen atoms in total. The maximum absolute atomic E-state index is 9.40. The van der Waals surface area contributed by atoms with E-state index in [-0.39, 0.29) is 0 Å². The van der Waals surface area contributed by atoms with Gasteiger partial charge in [0.05, 0.1) is 0 Å². The van der Waals surface area contributed by atoms with Gasteiger partial charge in [0.25, 0.3) is 0 Å². The van der Waals surface area contributed by atoms with Gasteiger partial charge in [0.2, 0.25) is 6.41 Å². The quantitative estimate of drug-likeness (QED) is 0.435. The minimum Gasteiger partial charge on any atom is -0.508 e. The zero-order chi connectivity index (χ0) is 10.8.